The van der Waals surface area contributed by atoms with Crippen LogP contribution in [0.2, 0.25) is 0 Å². The lowest BCUT2D eigenvalue weighted by molar-refractivity contribution is -0.141. The fourth-order valence-electron chi connectivity index (χ4n) is 2.32. The molecule has 1 rings (SSSR count). The first kappa shape index (κ1) is 18.7. The molecule has 7 heteroatoms. The molecule has 0 saturated heterocycles. The maximum absolute atomic E-state index is 12.6. The highest BCUT2D eigenvalue weighted by Gasteiger charge is 2.30. The first-order chi connectivity index (χ1) is 10.0. The van der Waals surface area contributed by atoms with Crippen LogP contribution in [0.5, 0.6) is 0 Å². The summed E-state index contributed by atoms with van der Waals surface area (Å²) in [6.45, 7) is 4.33. The Bertz CT molecular complexity index is 522. The molecule has 0 bridgehead atoms. The van der Waals surface area contributed by atoms with Crippen molar-refractivity contribution in [2.45, 2.75) is 46.0 Å². The van der Waals surface area contributed by atoms with Crippen molar-refractivity contribution in [2.24, 2.45) is 0 Å². The molecule has 0 radical (unpaired) electrons. The van der Waals surface area contributed by atoms with Gasteiger partial charge in [-0.25, -0.2) is 0 Å². The minimum atomic E-state index is -4.32. The van der Waals surface area contributed by atoms with E-state index in [0.29, 0.717) is 29.9 Å². The smallest absolute Gasteiger partial charge is 0.393 e. The molecule has 0 aromatic carbocycles. The van der Waals surface area contributed by atoms with E-state index in [1.54, 1.807) is 25.8 Å². The Morgan fingerprint density at radius 2 is 2.00 bits per heavy atom. The van der Waals surface area contributed by atoms with Crippen LogP contribution in [-0.4, -0.2) is 52.8 Å². The molecule has 22 heavy (non-hydrogen) atoms. The quantitative estimate of drug-likeness (QED) is 0.785. The van der Waals surface area contributed by atoms with E-state index in [4.69, 9.17) is 0 Å². The zero-order chi connectivity index (χ0) is 17.1. The van der Waals surface area contributed by atoms with Gasteiger partial charge in [-0.2, -0.15) is 13.2 Å². The van der Waals surface area contributed by atoms with E-state index in [1.165, 1.54) is 13.0 Å². The molecular formula is C15H23F3N2O2. The third-order valence-electron chi connectivity index (χ3n) is 3.55. The second-order valence-corrected chi connectivity index (χ2v) is 5.78. The van der Waals surface area contributed by atoms with Crippen LogP contribution in [0.1, 0.15) is 35.1 Å². The van der Waals surface area contributed by atoms with Gasteiger partial charge in [-0.05, 0) is 40.3 Å². The maximum atomic E-state index is 12.6. The summed E-state index contributed by atoms with van der Waals surface area (Å²) in [6, 6.07) is 1.51. The lowest BCUT2D eigenvalue weighted by Gasteiger charge is -2.17. The molecule has 1 unspecified atom stereocenters. The number of Topliss-reactive ketones (excluding diaryl/α,β-unsaturated/α-hetero) is 1. The molecule has 1 N–H and O–H groups in total. The SMILES string of the molecule is Cc1cc(C(=O)CN(C)CCC(C)O)c(C)n1CC(F)(F)F. The average molecular weight is 320 g/mol. The van der Waals surface area contributed by atoms with Gasteiger partial charge in [0.1, 0.15) is 6.54 Å². The van der Waals surface area contributed by atoms with Crippen molar-refractivity contribution in [3.63, 3.8) is 0 Å². The predicted octanol–water partition coefficient (Wildman–Crippen LogP) is 2.55. The van der Waals surface area contributed by atoms with Gasteiger partial charge >= 0.3 is 6.18 Å². The highest BCUT2D eigenvalue weighted by atomic mass is 19.4. The van der Waals surface area contributed by atoms with E-state index in [9.17, 15) is 23.1 Å². The van der Waals surface area contributed by atoms with Crippen molar-refractivity contribution >= 4 is 5.78 Å². The van der Waals surface area contributed by atoms with Crippen LogP contribution in [0.4, 0.5) is 13.2 Å². The zero-order valence-corrected chi connectivity index (χ0v) is 13.4. The minimum absolute atomic E-state index is 0.114. The van der Waals surface area contributed by atoms with Crippen LogP contribution >= 0.6 is 0 Å². The molecule has 1 heterocycles. The first-order valence-corrected chi connectivity index (χ1v) is 7.14. The number of aryl methyl sites for hydroxylation is 1. The Labute approximate surface area is 128 Å². The number of alkyl halides is 3. The number of aliphatic hydroxyl groups excluding tert-OH is 1. The summed E-state index contributed by atoms with van der Waals surface area (Å²) in [6.07, 6.45) is -4.23. The molecule has 0 spiro atoms. The van der Waals surface area contributed by atoms with Crippen molar-refractivity contribution in [3.05, 3.63) is 23.0 Å². The lowest BCUT2D eigenvalue weighted by Crippen LogP contribution is -2.29. The normalized spacial score (nSPS) is 13.7. The number of halogens is 3. The molecule has 1 atom stereocenters. The zero-order valence-electron chi connectivity index (χ0n) is 13.4. The van der Waals surface area contributed by atoms with E-state index in [1.807, 2.05) is 0 Å². The Morgan fingerprint density at radius 1 is 1.41 bits per heavy atom. The third-order valence-corrected chi connectivity index (χ3v) is 3.55. The summed E-state index contributed by atoms with van der Waals surface area (Å²) < 4.78 is 38.8. The molecule has 4 nitrogen and oxygen atoms in total. The fraction of sp³-hybridized carbons (Fsp3) is 0.667. The fourth-order valence-corrected chi connectivity index (χ4v) is 2.32. The van der Waals surface area contributed by atoms with E-state index in [2.05, 4.69) is 0 Å². The van der Waals surface area contributed by atoms with Crippen LogP contribution in [0.25, 0.3) is 0 Å². The molecule has 0 aliphatic rings. The summed E-state index contributed by atoms with van der Waals surface area (Å²) in [5, 5.41) is 9.22. The highest BCUT2D eigenvalue weighted by Crippen LogP contribution is 2.23. The molecule has 126 valence electrons. The first-order valence-electron chi connectivity index (χ1n) is 7.14. The number of carbonyl (C=O) groups excluding carboxylic acids is 1. The molecule has 0 saturated carbocycles. The van der Waals surface area contributed by atoms with Crippen molar-refractivity contribution < 1.29 is 23.1 Å². The standard InChI is InChI=1S/C15H23F3N2O2/c1-10-7-13(12(3)20(10)9-15(16,17)18)14(22)8-19(4)6-5-11(2)21/h7,11,21H,5-6,8-9H2,1-4H3. The topological polar surface area (TPSA) is 45.5 Å². The monoisotopic (exact) mass is 320 g/mol. The number of likely N-dealkylation sites (N-methyl/N-ethyl adjacent to an activating group) is 1. The number of rotatable bonds is 7. The number of hydrogen-bond donors (Lipinski definition) is 1. The Kier molecular flexibility index (Phi) is 6.19. The number of aromatic nitrogens is 1. The summed E-state index contributed by atoms with van der Waals surface area (Å²) >= 11 is 0. The molecule has 0 amide bonds. The summed E-state index contributed by atoms with van der Waals surface area (Å²) in [4.78, 5) is 14.0. The van der Waals surface area contributed by atoms with Crippen molar-refractivity contribution in [1.29, 1.82) is 0 Å². The minimum Gasteiger partial charge on any atom is -0.393 e. The summed E-state index contributed by atoms with van der Waals surface area (Å²) in [7, 11) is 1.75. The molecule has 1 aromatic heterocycles. The molecular weight excluding hydrogens is 297 g/mol. The molecule has 1 aromatic rings. The predicted molar refractivity (Wildman–Crippen MR) is 78.1 cm³/mol. The van der Waals surface area contributed by atoms with Crippen LogP contribution in [0.15, 0.2) is 6.07 Å². The van der Waals surface area contributed by atoms with E-state index in [-0.39, 0.29) is 12.3 Å². The maximum Gasteiger partial charge on any atom is 0.406 e. The second-order valence-electron chi connectivity index (χ2n) is 5.78. The lowest BCUT2D eigenvalue weighted by atomic mass is 10.1. The highest BCUT2D eigenvalue weighted by molar-refractivity contribution is 5.99. The van der Waals surface area contributed by atoms with Gasteiger partial charge in [-0.15, -0.1) is 0 Å². The molecule has 0 aliphatic heterocycles. The third kappa shape index (κ3) is 5.46. The van der Waals surface area contributed by atoms with Gasteiger partial charge in [0.05, 0.1) is 12.6 Å². The van der Waals surface area contributed by atoms with Gasteiger partial charge in [-0.3, -0.25) is 9.69 Å². The number of hydrogen-bond acceptors (Lipinski definition) is 3. The molecule has 0 fully saturated rings. The van der Waals surface area contributed by atoms with Gasteiger partial charge in [0, 0.05) is 23.5 Å². The second kappa shape index (κ2) is 7.28. The van der Waals surface area contributed by atoms with E-state index >= 15 is 0 Å². The van der Waals surface area contributed by atoms with Gasteiger partial charge in [-0.1, -0.05) is 0 Å². The van der Waals surface area contributed by atoms with Gasteiger partial charge < -0.3 is 9.67 Å². The molecule has 0 aliphatic carbocycles. The average Bonchev–Trinajstić information content (AvgIpc) is 2.62. The Morgan fingerprint density at radius 3 is 2.50 bits per heavy atom. The largest absolute Gasteiger partial charge is 0.406 e. The summed E-state index contributed by atoms with van der Waals surface area (Å²) in [5.41, 5.74) is 1.08. The van der Waals surface area contributed by atoms with Gasteiger partial charge in [0.2, 0.25) is 0 Å². The van der Waals surface area contributed by atoms with E-state index in [0.717, 1.165) is 4.57 Å². The van der Waals surface area contributed by atoms with Crippen LogP contribution in [0, 0.1) is 13.8 Å². The Hall–Kier alpha value is -1.34. The van der Waals surface area contributed by atoms with Gasteiger partial charge in [0.25, 0.3) is 0 Å². The number of aliphatic hydroxyl groups is 1. The number of nitrogens with zero attached hydrogens (tertiary/aromatic N) is 2. The van der Waals surface area contributed by atoms with Crippen LogP contribution in [0.3, 0.4) is 0 Å². The van der Waals surface area contributed by atoms with E-state index < -0.39 is 18.8 Å². The number of ketones is 1. The summed E-state index contributed by atoms with van der Waals surface area (Å²) in [5.74, 6) is -0.213. The van der Waals surface area contributed by atoms with Crippen molar-refractivity contribution in [1.82, 2.24) is 9.47 Å². The van der Waals surface area contributed by atoms with Crippen molar-refractivity contribution in [3.8, 4) is 0 Å². The van der Waals surface area contributed by atoms with Crippen molar-refractivity contribution in [2.75, 3.05) is 20.1 Å². The van der Waals surface area contributed by atoms with Crippen LogP contribution < -0.4 is 0 Å². The number of carbonyl (C=O) groups is 1. The Balaban J connectivity index is 2.80. The van der Waals surface area contributed by atoms with Gasteiger partial charge in [0.15, 0.2) is 5.78 Å². The van der Waals surface area contributed by atoms with Crippen LogP contribution in [-0.2, 0) is 6.54 Å².